The van der Waals surface area contributed by atoms with Gasteiger partial charge in [0.25, 0.3) is 0 Å². The Morgan fingerprint density at radius 3 is 2.58 bits per heavy atom. The zero-order valence-corrected chi connectivity index (χ0v) is 22.2. The molecule has 204 valence electrons. The van der Waals surface area contributed by atoms with Gasteiger partial charge in [0, 0.05) is 36.8 Å². The number of phenolic OH excluding ortho intramolecular Hbond substituents is 1. The number of ether oxygens (including phenoxy) is 1. The molecule has 1 aliphatic carbocycles. The van der Waals surface area contributed by atoms with Crippen molar-refractivity contribution in [3.8, 4) is 11.8 Å². The largest absolute Gasteiger partial charge is 0.508 e. The highest BCUT2D eigenvalue weighted by atomic mass is 16.6. The second kappa shape index (κ2) is 11.0. The first kappa shape index (κ1) is 27.4. The van der Waals surface area contributed by atoms with E-state index in [2.05, 4.69) is 16.7 Å². The van der Waals surface area contributed by atoms with Gasteiger partial charge in [0.05, 0.1) is 11.8 Å². The number of rotatable bonds is 9. The molecule has 3 aliphatic rings. The quantitative estimate of drug-likeness (QED) is 0.450. The van der Waals surface area contributed by atoms with Crippen molar-refractivity contribution in [2.45, 2.75) is 83.4 Å². The Balaban J connectivity index is 1.50. The van der Waals surface area contributed by atoms with Gasteiger partial charge in [-0.2, -0.15) is 5.26 Å². The van der Waals surface area contributed by atoms with Crippen molar-refractivity contribution in [3.63, 3.8) is 0 Å². The van der Waals surface area contributed by atoms with Crippen LogP contribution in [0.2, 0.25) is 0 Å². The van der Waals surface area contributed by atoms with E-state index in [-0.39, 0.29) is 42.6 Å². The second-order valence-electron chi connectivity index (χ2n) is 11.6. The van der Waals surface area contributed by atoms with E-state index in [1.54, 1.807) is 32.9 Å². The number of ketones is 1. The maximum Gasteiger partial charge on any atom is 0.415 e. The van der Waals surface area contributed by atoms with Crippen molar-refractivity contribution in [3.05, 3.63) is 23.8 Å². The zero-order chi connectivity index (χ0) is 27.6. The number of fused-ring (bicyclic) bond motifs is 1. The molecule has 10 nitrogen and oxygen atoms in total. The lowest BCUT2D eigenvalue weighted by molar-refractivity contribution is -0.130. The molecule has 1 aromatic carbocycles. The first-order chi connectivity index (χ1) is 18.0. The number of nitriles is 1. The van der Waals surface area contributed by atoms with Crippen LogP contribution in [0.4, 0.5) is 10.5 Å². The molecule has 10 heteroatoms. The minimum atomic E-state index is -0.920. The smallest absolute Gasteiger partial charge is 0.415 e. The number of nitrogens with one attached hydrogen (secondary N) is 2. The molecule has 4 rings (SSSR count). The summed E-state index contributed by atoms with van der Waals surface area (Å²) in [6.07, 6.45) is 2.63. The van der Waals surface area contributed by atoms with Gasteiger partial charge in [0.2, 0.25) is 11.8 Å². The van der Waals surface area contributed by atoms with Crippen LogP contribution in [0.3, 0.4) is 0 Å². The molecule has 38 heavy (non-hydrogen) atoms. The molecule has 0 spiro atoms. The number of carbonyl (C=O) groups is 4. The van der Waals surface area contributed by atoms with Crippen LogP contribution in [0.5, 0.6) is 5.75 Å². The average Bonchev–Trinajstić information content (AvgIpc) is 3.42. The normalized spacial score (nSPS) is 22.2. The van der Waals surface area contributed by atoms with Crippen LogP contribution in [-0.2, 0) is 25.5 Å². The van der Waals surface area contributed by atoms with Crippen molar-refractivity contribution < 1.29 is 29.0 Å². The van der Waals surface area contributed by atoms with E-state index in [0.29, 0.717) is 36.6 Å². The van der Waals surface area contributed by atoms with Crippen molar-refractivity contribution in [1.82, 2.24) is 10.6 Å². The van der Waals surface area contributed by atoms with Crippen LogP contribution in [-0.4, -0.2) is 53.0 Å². The Labute approximate surface area is 222 Å². The molecule has 1 aromatic rings. The van der Waals surface area contributed by atoms with Gasteiger partial charge in [0.15, 0.2) is 5.78 Å². The van der Waals surface area contributed by atoms with Crippen molar-refractivity contribution in [2.24, 2.45) is 17.8 Å². The lowest BCUT2D eigenvalue weighted by Crippen LogP contribution is -2.47. The summed E-state index contributed by atoms with van der Waals surface area (Å²) >= 11 is 0. The van der Waals surface area contributed by atoms with Crippen LogP contribution < -0.4 is 15.5 Å². The Morgan fingerprint density at radius 2 is 1.97 bits per heavy atom. The summed E-state index contributed by atoms with van der Waals surface area (Å²) < 4.78 is 5.57. The van der Waals surface area contributed by atoms with Gasteiger partial charge in [0.1, 0.15) is 23.4 Å². The third-order valence-electron chi connectivity index (χ3n) is 7.35. The van der Waals surface area contributed by atoms with Crippen LogP contribution in [0.15, 0.2) is 18.2 Å². The third kappa shape index (κ3) is 6.44. The van der Waals surface area contributed by atoms with Crippen LogP contribution >= 0.6 is 0 Å². The Morgan fingerprint density at radius 1 is 1.24 bits per heavy atom. The average molecular weight is 525 g/mol. The fourth-order valence-electron chi connectivity index (χ4n) is 5.25. The van der Waals surface area contributed by atoms with Gasteiger partial charge < -0.3 is 20.5 Å². The topological polar surface area (TPSA) is 149 Å². The highest BCUT2D eigenvalue weighted by Gasteiger charge is 2.43. The monoisotopic (exact) mass is 524 g/mol. The number of anilines is 1. The van der Waals surface area contributed by atoms with Gasteiger partial charge in [-0.1, -0.05) is 18.9 Å². The van der Waals surface area contributed by atoms with Gasteiger partial charge in [-0.25, -0.2) is 4.79 Å². The number of phenols is 1. The minimum absolute atomic E-state index is 0.00792. The highest BCUT2D eigenvalue weighted by Crippen LogP contribution is 2.41. The van der Waals surface area contributed by atoms with Crippen molar-refractivity contribution >= 4 is 29.4 Å². The third-order valence-corrected chi connectivity index (χ3v) is 7.35. The van der Waals surface area contributed by atoms with Gasteiger partial charge in [-0.3, -0.25) is 19.3 Å². The standard InChI is InChI=1S/C28H36N4O6/c1-28(2,3)38-27(37)32-21-5-4-6-23(33)20(21)14-22(32)24(34)13-18(11-16-7-8-16)26(36)31-19(15-29)12-17-9-10-30-25(17)35/h4-6,16-19,22,33H,7-14H2,1-3H3,(H,30,35)(H,31,36)/t17-,18+,19-,22?/m0/s1. The molecule has 1 unspecified atom stereocenters. The number of hydrogen-bond donors (Lipinski definition) is 3. The molecular weight excluding hydrogens is 488 g/mol. The van der Waals surface area contributed by atoms with Crippen molar-refractivity contribution in [2.75, 3.05) is 11.4 Å². The first-order valence-electron chi connectivity index (χ1n) is 13.3. The molecule has 3 amide bonds. The van der Waals surface area contributed by atoms with E-state index in [0.717, 1.165) is 12.8 Å². The lowest BCUT2D eigenvalue weighted by Gasteiger charge is -2.29. The van der Waals surface area contributed by atoms with E-state index in [4.69, 9.17) is 4.74 Å². The molecule has 4 atom stereocenters. The maximum absolute atomic E-state index is 13.7. The molecule has 0 radical (unpaired) electrons. The number of hydrogen-bond acceptors (Lipinski definition) is 7. The Kier molecular flexibility index (Phi) is 7.95. The summed E-state index contributed by atoms with van der Waals surface area (Å²) in [6, 6.07) is 5.10. The van der Waals surface area contributed by atoms with Gasteiger partial charge in [-0.05, 0) is 58.1 Å². The summed E-state index contributed by atoms with van der Waals surface area (Å²) in [4.78, 5) is 53.3. The van der Waals surface area contributed by atoms with E-state index in [1.165, 1.54) is 11.0 Å². The molecule has 2 fully saturated rings. The zero-order valence-electron chi connectivity index (χ0n) is 22.2. The maximum atomic E-state index is 13.7. The molecule has 1 saturated heterocycles. The summed E-state index contributed by atoms with van der Waals surface area (Å²) in [5.74, 6) is -1.47. The minimum Gasteiger partial charge on any atom is -0.508 e. The van der Waals surface area contributed by atoms with Gasteiger partial charge >= 0.3 is 6.09 Å². The summed E-state index contributed by atoms with van der Waals surface area (Å²) in [5.41, 5.74) is 0.112. The van der Waals surface area contributed by atoms with Crippen LogP contribution in [0, 0.1) is 29.1 Å². The predicted molar refractivity (Wildman–Crippen MR) is 138 cm³/mol. The van der Waals surface area contributed by atoms with Gasteiger partial charge in [-0.15, -0.1) is 0 Å². The Hall–Kier alpha value is -3.61. The molecule has 0 aromatic heterocycles. The van der Waals surface area contributed by atoms with Crippen molar-refractivity contribution in [1.29, 1.82) is 5.26 Å². The SMILES string of the molecule is CC(C)(C)OC(=O)N1c2cccc(O)c2CC1C(=O)C[C@@H](CC1CC1)C(=O)N[C@H](C#N)C[C@@H]1CCNC1=O. The summed E-state index contributed by atoms with van der Waals surface area (Å²) in [6.45, 7) is 5.76. The Bertz CT molecular complexity index is 1150. The molecule has 2 aliphatic heterocycles. The fourth-order valence-corrected chi connectivity index (χ4v) is 5.25. The number of amides is 3. The predicted octanol–water partition coefficient (Wildman–Crippen LogP) is 2.97. The first-order valence-corrected chi connectivity index (χ1v) is 13.3. The van der Waals surface area contributed by atoms with Crippen LogP contribution in [0.1, 0.15) is 64.9 Å². The molecule has 2 heterocycles. The van der Waals surface area contributed by atoms with E-state index in [1.807, 2.05) is 0 Å². The molecule has 1 saturated carbocycles. The number of aromatic hydroxyl groups is 1. The number of carbonyl (C=O) groups excluding carboxylic acids is 4. The summed E-state index contributed by atoms with van der Waals surface area (Å²) in [7, 11) is 0. The number of Topliss-reactive ketones (excluding diaryl/α,β-unsaturated/α-hetero) is 1. The molecule has 0 bridgehead atoms. The highest BCUT2D eigenvalue weighted by molar-refractivity contribution is 6.02. The van der Waals surface area contributed by atoms with Crippen LogP contribution in [0.25, 0.3) is 0 Å². The molecule has 3 N–H and O–H groups in total. The number of nitrogens with zero attached hydrogens (tertiary/aromatic N) is 2. The summed E-state index contributed by atoms with van der Waals surface area (Å²) in [5, 5.41) is 25.5. The second-order valence-corrected chi connectivity index (χ2v) is 11.6. The lowest BCUT2D eigenvalue weighted by atomic mass is 9.90. The van der Waals surface area contributed by atoms with E-state index in [9.17, 15) is 29.5 Å². The molecular formula is C28H36N4O6. The number of benzene rings is 1. The fraction of sp³-hybridized carbons (Fsp3) is 0.607. The van der Waals surface area contributed by atoms with E-state index < -0.39 is 35.6 Å². The van der Waals surface area contributed by atoms with E-state index >= 15 is 0 Å².